The van der Waals surface area contributed by atoms with Gasteiger partial charge in [-0.2, -0.15) is 13.2 Å². The zero-order chi connectivity index (χ0) is 19.8. The first-order valence-electron chi connectivity index (χ1n) is 8.29. The van der Waals surface area contributed by atoms with Gasteiger partial charge in [0, 0.05) is 16.6 Å². The number of alkyl halides is 3. The highest BCUT2D eigenvalue weighted by Crippen LogP contribution is 2.41. The number of halogens is 5. The second-order valence-corrected chi connectivity index (χ2v) is 7.27. The minimum Gasteiger partial charge on any atom is -0.480 e. The summed E-state index contributed by atoms with van der Waals surface area (Å²) in [5, 5.41) is 10.2. The first-order chi connectivity index (χ1) is 12.7. The predicted octanol–water partition coefficient (Wildman–Crippen LogP) is 5.65. The molecule has 0 aliphatic carbocycles. The van der Waals surface area contributed by atoms with Crippen LogP contribution in [0.2, 0.25) is 10.0 Å². The van der Waals surface area contributed by atoms with Gasteiger partial charge in [0.15, 0.2) is 0 Å². The zero-order valence-electron chi connectivity index (χ0n) is 14.0. The van der Waals surface area contributed by atoms with E-state index >= 15 is 0 Å². The lowest BCUT2D eigenvalue weighted by molar-refractivity contribution is -0.143. The molecule has 3 rings (SSSR count). The molecule has 2 unspecified atom stereocenters. The highest BCUT2D eigenvalue weighted by atomic mass is 35.5. The highest BCUT2D eigenvalue weighted by Gasteiger charge is 2.39. The molecule has 1 heterocycles. The highest BCUT2D eigenvalue weighted by molar-refractivity contribution is 6.31. The fourth-order valence-electron chi connectivity index (χ4n) is 3.49. The molecular weight excluding hydrogens is 402 g/mol. The Bertz CT molecular complexity index is 840. The molecule has 2 aromatic rings. The number of hydrogen-bond donors (Lipinski definition) is 1. The molecule has 2 atom stereocenters. The van der Waals surface area contributed by atoms with E-state index in [1.807, 2.05) is 0 Å². The summed E-state index contributed by atoms with van der Waals surface area (Å²) in [5.74, 6) is -1.01. The lowest BCUT2D eigenvalue weighted by atomic mass is 9.94. The summed E-state index contributed by atoms with van der Waals surface area (Å²) in [6.45, 7) is 0.441. The van der Waals surface area contributed by atoms with E-state index in [1.165, 1.54) is 6.07 Å². The molecular formula is C19H16Cl2F3NO2. The van der Waals surface area contributed by atoms with Crippen LogP contribution in [0.1, 0.15) is 35.6 Å². The molecule has 1 aliphatic heterocycles. The van der Waals surface area contributed by atoms with Gasteiger partial charge in [0.1, 0.15) is 6.04 Å². The smallest absolute Gasteiger partial charge is 0.416 e. The summed E-state index contributed by atoms with van der Waals surface area (Å²) >= 11 is 12.2. The Kier molecular flexibility index (Phi) is 5.70. The summed E-state index contributed by atoms with van der Waals surface area (Å²) in [6.07, 6.45) is -3.46. The van der Waals surface area contributed by atoms with Crippen LogP contribution in [0, 0.1) is 0 Å². The van der Waals surface area contributed by atoms with Gasteiger partial charge in [-0.3, -0.25) is 9.69 Å². The number of aliphatic carboxylic acids is 1. The van der Waals surface area contributed by atoms with Gasteiger partial charge in [-0.1, -0.05) is 35.3 Å². The van der Waals surface area contributed by atoms with Crippen LogP contribution in [0.25, 0.3) is 0 Å². The third-order valence-corrected chi connectivity index (χ3v) is 5.31. The Hall–Kier alpha value is -1.76. The van der Waals surface area contributed by atoms with E-state index in [0.717, 1.165) is 12.1 Å². The summed E-state index contributed by atoms with van der Waals surface area (Å²) in [7, 11) is 0. The van der Waals surface area contributed by atoms with Crippen molar-refractivity contribution in [2.45, 2.75) is 31.1 Å². The van der Waals surface area contributed by atoms with Gasteiger partial charge in [0.05, 0.1) is 11.6 Å². The largest absolute Gasteiger partial charge is 0.480 e. The van der Waals surface area contributed by atoms with Crippen molar-refractivity contribution in [1.82, 2.24) is 4.90 Å². The van der Waals surface area contributed by atoms with Crippen LogP contribution in [-0.2, 0) is 11.0 Å². The topological polar surface area (TPSA) is 40.5 Å². The number of rotatable bonds is 4. The first kappa shape index (κ1) is 20.0. The molecule has 3 nitrogen and oxygen atoms in total. The molecule has 1 aliphatic rings. The molecule has 0 radical (unpaired) electrons. The fraction of sp³-hybridized carbons (Fsp3) is 0.316. The number of benzene rings is 2. The zero-order valence-corrected chi connectivity index (χ0v) is 15.5. The molecule has 2 aromatic carbocycles. The fourth-order valence-corrected chi connectivity index (χ4v) is 3.83. The quantitative estimate of drug-likeness (QED) is 0.698. The van der Waals surface area contributed by atoms with Gasteiger partial charge in [0.25, 0.3) is 0 Å². The van der Waals surface area contributed by atoms with Crippen LogP contribution in [0.15, 0.2) is 42.5 Å². The van der Waals surface area contributed by atoms with E-state index in [4.69, 9.17) is 23.2 Å². The maximum Gasteiger partial charge on any atom is 0.416 e. The summed E-state index contributed by atoms with van der Waals surface area (Å²) in [4.78, 5) is 13.4. The Morgan fingerprint density at radius 1 is 1.15 bits per heavy atom. The second kappa shape index (κ2) is 7.70. The van der Waals surface area contributed by atoms with Gasteiger partial charge < -0.3 is 5.11 Å². The van der Waals surface area contributed by atoms with Crippen molar-refractivity contribution in [1.29, 1.82) is 0 Å². The molecule has 1 N–H and O–H groups in total. The van der Waals surface area contributed by atoms with Crippen LogP contribution in [0.4, 0.5) is 13.2 Å². The average molecular weight is 418 g/mol. The van der Waals surface area contributed by atoms with Crippen molar-refractivity contribution in [2.75, 3.05) is 6.54 Å². The lowest BCUT2D eigenvalue weighted by Crippen LogP contribution is -2.39. The number of likely N-dealkylation sites (tertiary alicyclic amines) is 1. The third-order valence-electron chi connectivity index (χ3n) is 4.71. The molecule has 1 fully saturated rings. The minimum absolute atomic E-state index is 0.152. The van der Waals surface area contributed by atoms with Crippen molar-refractivity contribution in [3.05, 3.63) is 69.2 Å². The van der Waals surface area contributed by atoms with Crippen molar-refractivity contribution >= 4 is 29.2 Å². The van der Waals surface area contributed by atoms with Crippen LogP contribution in [0.3, 0.4) is 0 Å². The van der Waals surface area contributed by atoms with Gasteiger partial charge in [0.2, 0.25) is 0 Å². The molecule has 27 heavy (non-hydrogen) atoms. The van der Waals surface area contributed by atoms with Gasteiger partial charge in [-0.25, -0.2) is 0 Å². The molecule has 1 saturated heterocycles. The predicted molar refractivity (Wildman–Crippen MR) is 97.1 cm³/mol. The normalized spacial score (nSPS) is 19.2. The van der Waals surface area contributed by atoms with Crippen LogP contribution < -0.4 is 0 Å². The molecule has 0 spiro atoms. The third kappa shape index (κ3) is 4.23. The van der Waals surface area contributed by atoms with Crippen LogP contribution in [0.5, 0.6) is 0 Å². The Labute approximate surface area is 164 Å². The monoisotopic (exact) mass is 417 g/mol. The molecule has 0 bridgehead atoms. The van der Waals surface area contributed by atoms with Crippen LogP contribution >= 0.6 is 23.2 Å². The van der Waals surface area contributed by atoms with Crippen molar-refractivity contribution in [3.8, 4) is 0 Å². The Morgan fingerprint density at radius 3 is 2.41 bits per heavy atom. The number of carboxylic acids is 1. The van der Waals surface area contributed by atoms with Gasteiger partial charge in [-0.05, 0) is 54.3 Å². The molecule has 0 saturated carbocycles. The lowest BCUT2D eigenvalue weighted by Gasteiger charge is -2.33. The molecule has 144 valence electrons. The first-order valence-corrected chi connectivity index (χ1v) is 9.04. The van der Waals surface area contributed by atoms with E-state index in [9.17, 15) is 23.1 Å². The number of carboxylic acid groups (broad SMARTS) is 1. The SMILES string of the molecule is O=C(O)C1CCCN1C(c1ccc(Cl)cc1)c1cc(C(F)(F)F)ccc1Cl. The number of hydrogen-bond acceptors (Lipinski definition) is 2. The van der Waals surface area contributed by atoms with E-state index in [-0.39, 0.29) is 10.6 Å². The summed E-state index contributed by atoms with van der Waals surface area (Å²) in [6, 6.07) is 8.21. The van der Waals surface area contributed by atoms with Crippen molar-refractivity contribution in [3.63, 3.8) is 0 Å². The number of carbonyl (C=O) groups is 1. The van der Waals surface area contributed by atoms with Gasteiger partial charge in [-0.15, -0.1) is 0 Å². The molecule has 0 aromatic heterocycles. The molecule has 0 amide bonds. The van der Waals surface area contributed by atoms with Crippen LogP contribution in [-0.4, -0.2) is 28.6 Å². The van der Waals surface area contributed by atoms with Crippen molar-refractivity contribution < 1.29 is 23.1 Å². The van der Waals surface area contributed by atoms with Crippen molar-refractivity contribution in [2.24, 2.45) is 0 Å². The van der Waals surface area contributed by atoms with E-state index in [1.54, 1.807) is 29.2 Å². The molecule has 8 heteroatoms. The maximum absolute atomic E-state index is 13.2. The summed E-state index contributed by atoms with van der Waals surface area (Å²) in [5.41, 5.74) is 0.0303. The Balaban J connectivity index is 2.16. The Morgan fingerprint density at radius 2 is 1.81 bits per heavy atom. The van der Waals surface area contributed by atoms with E-state index in [2.05, 4.69) is 0 Å². The second-order valence-electron chi connectivity index (χ2n) is 6.42. The standard InChI is InChI=1S/C19H16Cl2F3NO2/c20-13-6-3-11(4-7-13)17(25-9-1-2-16(25)18(26)27)14-10-12(19(22,23)24)5-8-15(14)21/h3-8,10,16-17H,1-2,9H2,(H,26,27). The maximum atomic E-state index is 13.2. The number of nitrogens with zero attached hydrogens (tertiary/aromatic N) is 1. The summed E-state index contributed by atoms with van der Waals surface area (Å²) < 4.78 is 39.7. The average Bonchev–Trinajstić information content (AvgIpc) is 3.07. The minimum atomic E-state index is -4.53. The van der Waals surface area contributed by atoms with E-state index in [0.29, 0.717) is 30.0 Å². The van der Waals surface area contributed by atoms with Gasteiger partial charge >= 0.3 is 12.1 Å². The van der Waals surface area contributed by atoms with E-state index < -0.39 is 29.8 Å².